The molecule has 0 radical (unpaired) electrons. The molecule has 7 heteroatoms. The molecule has 1 aliphatic carbocycles. The van der Waals surface area contributed by atoms with Gasteiger partial charge in [-0.15, -0.1) is 0 Å². The molecule has 2 fully saturated rings. The van der Waals surface area contributed by atoms with E-state index in [4.69, 9.17) is 5.11 Å². The molecule has 2 aliphatic rings. The minimum Gasteiger partial charge on any atom is -0.480 e. The number of nitrogens with zero attached hydrogens (tertiary/aromatic N) is 2. The van der Waals surface area contributed by atoms with Crippen LogP contribution in [0.25, 0.3) is 0 Å². The zero-order valence-electron chi connectivity index (χ0n) is 12.2. The van der Waals surface area contributed by atoms with Crippen molar-refractivity contribution in [3.63, 3.8) is 0 Å². The highest BCUT2D eigenvalue weighted by Crippen LogP contribution is 2.27. The number of carbonyl (C=O) groups is 3. The minimum absolute atomic E-state index is 0.0438. The van der Waals surface area contributed by atoms with E-state index in [0.717, 1.165) is 0 Å². The van der Waals surface area contributed by atoms with Crippen molar-refractivity contribution in [2.75, 3.05) is 19.6 Å². The second-order valence-electron chi connectivity index (χ2n) is 5.87. The fourth-order valence-electron chi connectivity index (χ4n) is 3.11. The van der Waals surface area contributed by atoms with Crippen molar-refractivity contribution in [1.29, 1.82) is 0 Å². The average molecular weight is 298 g/mol. The number of hydrogen-bond donors (Lipinski definition) is 2. The molecule has 0 aromatic heterocycles. The SMILES string of the molecule is C[C@@H]1C(=O)N(CC(=O)O)CCN1C(=O)C1CCC(O)CC1. The van der Waals surface area contributed by atoms with Crippen molar-refractivity contribution in [1.82, 2.24) is 9.80 Å². The summed E-state index contributed by atoms with van der Waals surface area (Å²) in [4.78, 5) is 38.2. The molecular weight excluding hydrogens is 276 g/mol. The molecule has 0 unspecified atom stereocenters. The second kappa shape index (κ2) is 6.43. The first-order valence-electron chi connectivity index (χ1n) is 7.39. The molecular formula is C14H22N2O5. The van der Waals surface area contributed by atoms with E-state index < -0.39 is 12.0 Å². The molecule has 0 bridgehead atoms. The van der Waals surface area contributed by atoms with Crippen LogP contribution in [-0.4, -0.2) is 69.6 Å². The van der Waals surface area contributed by atoms with E-state index in [1.807, 2.05) is 0 Å². The quantitative estimate of drug-likeness (QED) is 0.744. The Labute approximate surface area is 123 Å². The van der Waals surface area contributed by atoms with E-state index in [0.29, 0.717) is 32.2 Å². The van der Waals surface area contributed by atoms with Crippen molar-refractivity contribution in [2.24, 2.45) is 5.92 Å². The first-order chi connectivity index (χ1) is 9.90. The van der Waals surface area contributed by atoms with E-state index in [1.165, 1.54) is 4.90 Å². The summed E-state index contributed by atoms with van der Waals surface area (Å²) in [6.07, 6.45) is 2.22. The molecule has 118 valence electrons. The van der Waals surface area contributed by atoms with Crippen molar-refractivity contribution < 1.29 is 24.6 Å². The number of aliphatic hydroxyl groups excluding tert-OH is 1. The molecule has 7 nitrogen and oxygen atoms in total. The number of carboxylic acids is 1. The Hall–Kier alpha value is -1.63. The van der Waals surface area contributed by atoms with Gasteiger partial charge in [0, 0.05) is 19.0 Å². The lowest BCUT2D eigenvalue weighted by Gasteiger charge is -2.40. The van der Waals surface area contributed by atoms with Crippen molar-refractivity contribution >= 4 is 17.8 Å². The summed E-state index contributed by atoms with van der Waals surface area (Å²) < 4.78 is 0. The van der Waals surface area contributed by atoms with Gasteiger partial charge in [0.05, 0.1) is 6.10 Å². The zero-order valence-corrected chi connectivity index (χ0v) is 12.2. The second-order valence-corrected chi connectivity index (χ2v) is 5.87. The maximum absolute atomic E-state index is 12.5. The maximum Gasteiger partial charge on any atom is 0.323 e. The van der Waals surface area contributed by atoms with Gasteiger partial charge in [-0.3, -0.25) is 14.4 Å². The third-order valence-corrected chi connectivity index (χ3v) is 4.40. The minimum atomic E-state index is -1.04. The fraction of sp³-hybridized carbons (Fsp3) is 0.786. The summed E-state index contributed by atoms with van der Waals surface area (Å²) in [5, 5.41) is 18.3. The third kappa shape index (κ3) is 3.53. The molecule has 1 saturated carbocycles. The van der Waals surface area contributed by atoms with Gasteiger partial charge >= 0.3 is 5.97 Å². The summed E-state index contributed by atoms with van der Waals surface area (Å²) in [6.45, 7) is 1.96. The van der Waals surface area contributed by atoms with Crippen molar-refractivity contribution in [3.8, 4) is 0 Å². The van der Waals surface area contributed by atoms with Crippen molar-refractivity contribution in [3.05, 3.63) is 0 Å². The average Bonchev–Trinajstić information content (AvgIpc) is 2.44. The van der Waals surface area contributed by atoms with Crippen LogP contribution in [0.2, 0.25) is 0 Å². The summed E-state index contributed by atoms with van der Waals surface area (Å²) in [5.41, 5.74) is 0. The third-order valence-electron chi connectivity index (χ3n) is 4.40. The molecule has 2 amide bonds. The van der Waals surface area contributed by atoms with Gasteiger partial charge < -0.3 is 20.0 Å². The van der Waals surface area contributed by atoms with Gasteiger partial charge in [-0.1, -0.05) is 0 Å². The smallest absolute Gasteiger partial charge is 0.323 e. The highest BCUT2D eigenvalue weighted by molar-refractivity contribution is 5.91. The standard InChI is InChI=1S/C14H22N2O5/c1-9-13(20)15(8-12(18)19)6-7-16(9)14(21)10-2-4-11(17)5-3-10/h9-11,17H,2-8H2,1H3,(H,18,19)/t9-,10?,11?/m1/s1. The normalized spacial score (nSPS) is 30.4. The molecule has 0 aromatic carbocycles. The highest BCUT2D eigenvalue weighted by Gasteiger charge is 2.38. The summed E-state index contributed by atoms with van der Waals surface area (Å²) in [6, 6.07) is -0.613. The predicted molar refractivity (Wildman–Crippen MR) is 73.4 cm³/mol. The first-order valence-corrected chi connectivity index (χ1v) is 7.39. The van der Waals surface area contributed by atoms with Crippen LogP contribution in [0.1, 0.15) is 32.6 Å². The van der Waals surface area contributed by atoms with Crippen molar-refractivity contribution in [2.45, 2.75) is 44.8 Å². The van der Waals surface area contributed by atoms with E-state index in [9.17, 15) is 19.5 Å². The van der Waals surface area contributed by atoms with Gasteiger partial charge in [-0.2, -0.15) is 0 Å². The Balaban J connectivity index is 1.97. The number of rotatable bonds is 3. The van der Waals surface area contributed by atoms with Crippen LogP contribution < -0.4 is 0 Å². The predicted octanol–water partition coefficient (Wildman–Crippen LogP) is -0.319. The molecule has 21 heavy (non-hydrogen) atoms. The number of piperazine rings is 1. The maximum atomic E-state index is 12.5. The molecule has 1 saturated heterocycles. The molecule has 2 N–H and O–H groups in total. The van der Waals surface area contributed by atoms with E-state index in [1.54, 1.807) is 11.8 Å². The Kier molecular flexibility index (Phi) is 4.82. The molecule has 1 heterocycles. The van der Waals surface area contributed by atoms with Gasteiger partial charge in [0.15, 0.2) is 0 Å². The van der Waals surface area contributed by atoms with E-state index in [-0.39, 0.29) is 36.9 Å². The number of aliphatic carboxylic acids is 1. The monoisotopic (exact) mass is 298 g/mol. The first kappa shape index (κ1) is 15.8. The van der Waals surface area contributed by atoms with Crippen LogP contribution in [0.3, 0.4) is 0 Å². The van der Waals surface area contributed by atoms with E-state index >= 15 is 0 Å². The molecule has 0 spiro atoms. The number of aliphatic hydroxyl groups is 1. The van der Waals surface area contributed by atoms with Gasteiger partial charge in [0.25, 0.3) is 0 Å². The Bertz CT molecular complexity index is 431. The fourth-order valence-corrected chi connectivity index (χ4v) is 3.11. The molecule has 0 aromatic rings. The Morgan fingerprint density at radius 2 is 1.81 bits per heavy atom. The van der Waals surface area contributed by atoms with Crippen LogP contribution in [0.5, 0.6) is 0 Å². The zero-order chi connectivity index (χ0) is 15.6. The lowest BCUT2D eigenvalue weighted by Crippen LogP contribution is -2.59. The van der Waals surface area contributed by atoms with Crippen LogP contribution in [-0.2, 0) is 14.4 Å². The number of hydrogen-bond acceptors (Lipinski definition) is 4. The number of carboxylic acid groups (broad SMARTS) is 1. The van der Waals surface area contributed by atoms with Gasteiger partial charge in [0.2, 0.25) is 11.8 Å². The van der Waals surface area contributed by atoms with Crippen LogP contribution in [0.4, 0.5) is 0 Å². The van der Waals surface area contributed by atoms with Crippen LogP contribution >= 0.6 is 0 Å². The number of carbonyl (C=O) groups excluding carboxylic acids is 2. The Morgan fingerprint density at radius 1 is 1.19 bits per heavy atom. The topological polar surface area (TPSA) is 98.2 Å². The van der Waals surface area contributed by atoms with Crippen LogP contribution in [0.15, 0.2) is 0 Å². The largest absolute Gasteiger partial charge is 0.480 e. The molecule has 2 rings (SSSR count). The molecule has 1 aliphatic heterocycles. The molecule has 1 atom stereocenters. The highest BCUT2D eigenvalue weighted by atomic mass is 16.4. The lowest BCUT2D eigenvalue weighted by molar-refractivity contribution is -0.156. The van der Waals surface area contributed by atoms with Gasteiger partial charge in [0.1, 0.15) is 12.6 Å². The Morgan fingerprint density at radius 3 is 2.38 bits per heavy atom. The summed E-state index contributed by atoms with van der Waals surface area (Å²) in [5.74, 6) is -1.53. The summed E-state index contributed by atoms with van der Waals surface area (Å²) in [7, 11) is 0. The van der Waals surface area contributed by atoms with Crippen LogP contribution in [0, 0.1) is 5.92 Å². The number of amides is 2. The summed E-state index contributed by atoms with van der Waals surface area (Å²) >= 11 is 0. The van der Waals surface area contributed by atoms with Gasteiger partial charge in [-0.25, -0.2) is 0 Å². The lowest BCUT2D eigenvalue weighted by atomic mass is 9.86. The van der Waals surface area contributed by atoms with E-state index in [2.05, 4.69) is 0 Å². The van der Waals surface area contributed by atoms with Gasteiger partial charge in [-0.05, 0) is 32.6 Å².